The molecule has 25 heavy (non-hydrogen) atoms. The molecule has 11 heteroatoms. The van der Waals surface area contributed by atoms with E-state index >= 15 is 0 Å². The molecule has 1 amide bonds. The van der Waals surface area contributed by atoms with E-state index in [4.69, 9.17) is 5.14 Å². The molecular formula is C14H19N7O3S. The van der Waals surface area contributed by atoms with Crippen LogP contribution in [0, 0.1) is 12.8 Å². The minimum absolute atomic E-state index is 0.138. The highest BCUT2D eigenvalue weighted by atomic mass is 32.2. The zero-order valence-electron chi connectivity index (χ0n) is 13.7. The van der Waals surface area contributed by atoms with E-state index in [0.717, 1.165) is 11.3 Å². The second kappa shape index (κ2) is 6.86. The van der Waals surface area contributed by atoms with Gasteiger partial charge in [-0.05, 0) is 47.9 Å². The third-order valence-corrected chi connectivity index (χ3v) is 5.34. The molecule has 1 aromatic carbocycles. The summed E-state index contributed by atoms with van der Waals surface area (Å²) < 4.78 is 25.4. The Morgan fingerprint density at radius 2 is 2.04 bits per heavy atom. The maximum atomic E-state index is 12.4. The third kappa shape index (κ3) is 4.00. The number of piperidine rings is 1. The summed E-state index contributed by atoms with van der Waals surface area (Å²) in [6.07, 6.45) is 2.36. The van der Waals surface area contributed by atoms with Gasteiger partial charge in [-0.25, -0.2) is 9.82 Å². The van der Waals surface area contributed by atoms with Crippen molar-refractivity contribution in [2.45, 2.75) is 19.8 Å². The molecule has 1 aliphatic heterocycles. The summed E-state index contributed by atoms with van der Waals surface area (Å²) in [6, 6.07) is 5.47. The Balaban J connectivity index is 1.67. The summed E-state index contributed by atoms with van der Waals surface area (Å²) >= 11 is 0. The molecule has 0 atom stereocenters. The van der Waals surface area contributed by atoms with Crippen LogP contribution in [-0.4, -0.2) is 51.9 Å². The molecule has 3 N–H and O–H groups in total. The predicted molar refractivity (Wildman–Crippen MR) is 89.9 cm³/mol. The maximum absolute atomic E-state index is 12.4. The van der Waals surface area contributed by atoms with E-state index in [1.165, 1.54) is 15.3 Å². The van der Waals surface area contributed by atoms with Gasteiger partial charge < -0.3 is 5.32 Å². The minimum Gasteiger partial charge on any atom is -0.326 e. The number of anilines is 1. The minimum atomic E-state index is -3.69. The van der Waals surface area contributed by atoms with Gasteiger partial charge in [0, 0.05) is 24.7 Å². The molecule has 2 heterocycles. The van der Waals surface area contributed by atoms with E-state index < -0.39 is 10.2 Å². The summed E-state index contributed by atoms with van der Waals surface area (Å²) in [7, 11) is -3.69. The predicted octanol–water partition coefficient (Wildman–Crippen LogP) is -0.175. The molecule has 134 valence electrons. The van der Waals surface area contributed by atoms with Gasteiger partial charge in [0.25, 0.3) is 10.2 Å². The van der Waals surface area contributed by atoms with E-state index in [1.54, 1.807) is 12.1 Å². The number of carbonyl (C=O) groups excluding carboxylic acids is 1. The van der Waals surface area contributed by atoms with Crippen molar-refractivity contribution in [2.24, 2.45) is 11.1 Å². The first-order valence-corrected chi connectivity index (χ1v) is 9.27. The summed E-state index contributed by atoms with van der Waals surface area (Å²) in [6.45, 7) is 2.42. The molecule has 1 fully saturated rings. The van der Waals surface area contributed by atoms with Gasteiger partial charge in [-0.3, -0.25) is 4.79 Å². The third-order valence-electron chi connectivity index (χ3n) is 4.26. The second-order valence-corrected chi connectivity index (χ2v) is 7.51. The van der Waals surface area contributed by atoms with Crippen LogP contribution in [0.25, 0.3) is 5.69 Å². The van der Waals surface area contributed by atoms with E-state index in [0.29, 0.717) is 18.5 Å². The van der Waals surface area contributed by atoms with Crippen LogP contribution in [-0.2, 0) is 15.0 Å². The van der Waals surface area contributed by atoms with Crippen LogP contribution >= 0.6 is 0 Å². The van der Waals surface area contributed by atoms with Crippen molar-refractivity contribution in [3.05, 3.63) is 30.1 Å². The van der Waals surface area contributed by atoms with Crippen molar-refractivity contribution < 1.29 is 13.2 Å². The topological polar surface area (TPSA) is 136 Å². The Morgan fingerprint density at radius 3 is 2.64 bits per heavy atom. The zero-order valence-corrected chi connectivity index (χ0v) is 14.5. The first-order chi connectivity index (χ1) is 11.8. The van der Waals surface area contributed by atoms with Gasteiger partial charge in [-0.15, -0.1) is 5.10 Å². The number of carbonyl (C=O) groups is 1. The average Bonchev–Trinajstić information content (AvgIpc) is 3.10. The summed E-state index contributed by atoms with van der Waals surface area (Å²) in [4.78, 5) is 12.4. The largest absolute Gasteiger partial charge is 0.326 e. The van der Waals surface area contributed by atoms with E-state index in [9.17, 15) is 13.2 Å². The molecule has 2 aromatic rings. The van der Waals surface area contributed by atoms with Gasteiger partial charge in [-0.2, -0.15) is 12.7 Å². The zero-order chi connectivity index (χ0) is 18.0. The normalized spacial score (nSPS) is 16.7. The summed E-state index contributed by atoms with van der Waals surface area (Å²) in [5, 5.41) is 19.1. The van der Waals surface area contributed by atoms with Crippen molar-refractivity contribution in [2.75, 3.05) is 18.4 Å². The van der Waals surface area contributed by atoms with E-state index in [1.807, 2.05) is 13.0 Å². The maximum Gasteiger partial charge on any atom is 0.276 e. The van der Waals surface area contributed by atoms with Crippen LogP contribution < -0.4 is 10.5 Å². The first kappa shape index (κ1) is 17.5. The molecule has 10 nitrogen and oxygen atoms in total. The lowest BCUT2D eigenvalue weighted by Crippen LogP contribution is -2.44. The van der Waals surface area contributed by atoms with Crippen LogP contribution in [0.15, 0.2) is 24.5 Å². The number of rotatable bonds is 4. The van der Waals surface area contributed by atoms with Crippen LogP contribution in [0.2, 0.25) is 0 Å². The summed E-state index contributed by atoms with van der Waals surface area (Å²) in [5.41, 5.74) is 2.37. The number of hydrogen-bond donors (Lipinski definition) is 2. The lowest BCUT2D eigenvalue weighted by molar-refractivity contribution is -0.120. The Kier molecular flexibility index (Phi) is 4.79. The Bertz CT molecular complexity index is 859. The molecule has 1 aliphatic rings. The quantitative estimate of drug-likeness (QED) is 0.771. The molecule has 1 saturated heterocycles. The average molecular weight is 365 g/mol. The number of aromatic nitrogens is 4. The fourth-order valence-electron chi connectivity index (χ4n) is 2.82. The lowest BCUT2D eigenvalue weighted by atomic mass is 9.97. The SMILES string of the molecule is Cc1ccc(NC(=O)C2CCN(S(N)(=O)=O)CC2)cc1-n1cnnn1. The Morgan fingerprint density at radius 1 is 1.32 bits per heavy atom. The highest BCUT2D eigenvalue weighted by Crippen LogP contribution is 2.22. The molecule has 0 spiro atoms. The van der Waals surface area contributed by atoms with Crippen LogP contribution in [0.3, 0.4) is 0 Å². The van der Waals surface area contributed by atoms with E-state index in [-0.39, 0.29) is 24.9 Å². The molecule has 3 rings (SSSR count). The molecule has 0 saturated carbocycles. The van der Waals surface area contributed by atoms with Gasteiger partial charge >= 0.3 is 0 Å². The lowest BCUT2D eigenvalue weighted by Gasteiger charge is -2.29. The molecule has 0 bridgehead atoms. The molecule has 1 aromatic heterocycles. The number of amides is 1. The van der Waals surface area contributed by atoms with E-state index in [2.05, 4.69) is 20.8 Å². The monoisotopic (exact) mass is 365 g/mol. The van der Waals surface area contributed by atoms with Gasteiger partial charge in [0.2, 0.25) is 5.91 Å². The number of nitrogens with zero attached hydrogens (tertiary/aromatic N) is 5. The van der Waals surface area contributed by atoms with Crippen molar-refractivity contribution in [3.63, 3.8) is 0 Å². The molecule has 0 aliphatic carbocycles. The fraction of sp³-hybridized carbons (Fsp3) is 0.429. The number of benzene rings is 1. The molecule has 0 radical (unpaired) electrons. The fourth-order valence-corrected chi connectivity index (χ4v) is 3.54. The Labute approximate surface area is 145 Å². The van der Waals surface area contributed by atoms with Crippen molar-refractivity contribution in [1.29, 1.82) is 0 Å². The standard InChI is InChI=1S/C14H19N7O3S/c1-10-2-3-12(8-13(10)21-9-16-18-19-21)17-14(22)11-4-6-20(7-5-11)25(15,23)24/h2-3,8-9,11H,4-7H2,1H3,(H,17,22)(H2,15,23,24). The van der Waals surface area contributed by atoms with Gasteiger partial charge in [-0.1, -0.05) is 6.07 Å². The van der Waals surface area contributed by atoms with Gasteiger partial charge in [0.1, 0.15) is 6.33 Å². The molecular weight excluding hydrogens is 346 g/mol. The first-order valence-electron chi connectivity index (χ1n) is 7.77. The van der Waals surface area contributed by atoms with Crippen LogP contribution in [0.1, 0.15) is 18.4 Å². The number of hydrogen-bond acceptors (Lipinski definition) is 6. The van der Waals surface area contributed by atoms with Crippen LogP contribution in [0.4, 0.5) is 5.69 Å². The van der Waals surface area contributed by atoms with Crippen molar-refractivity contribution in [1.82, 2.24) is 24.5 Å². The number of aryl methyl sites for hydroxylation is 1. The number of tetrazole rings is 1. The highest BCUT2D eigenvalue weighted by Gasteiger charge is 2.29. The van der Waals surface area contributed by atoms with Crippen LogP contribution in [0.5, 0.6) is 0 Å². The Hall–Kier alpha value is -2.37. The number of nitrogens with two attached hydrogens (primary N) is 1. The summed E-state index contributed by atoms with van der Waals surface area (Å²) in [5.74, 6) is -0.392. The molecule has 0 unspecified atom stereocenters. The number of nitrogens with one attached hydrogen (secondary N) is 1. The second-order valence-electron chi connectivity index (χ2n) is 5.96. The van der Waals surface area contributed by atoms with Crippen molar-refractivity contribution >= 4 is 21.8 Å². The van der Waals surface area contributed by atoms with Gasteiger partial charge in [0.05, 0.1) is 5.69 Å². The smallest absolute Gasteiger partial charge is 0.276 e. The van der Waals surface area contributed by atoms with Gasteiger partial charge in [0.15, 0.2) is 0 Å². The highest BCUT2D eigenvalue weighted by molar-refractivity contribution is 7.86. The van der Waals surface area contributed by atoms with Crippen molar-refractivity contribution in [3.8, 4) is 5.69 Å².